The summed E-state index contributed by atoms with van der Waals surface area (Å²) in [5, 5.41) is 7.50. The molecule has 1 aromatic rings. The molecule has 0 radical (unpaired) electrons. The highest BCUT2D eigenvalue weighted by atomic mass is 35.5. The molecule has 2 N–H and O–H groups in total. The minimum Gasteiger partial charge on any atom is -0.365 e. The van der Waals surface area contributed by atoms with Gasteiger partial charge in [-0.25, -0.2) is 4.98 Å². The van der Waals surface area contributed by atoms with E-state index in [4.69, 9.17) is 11.6 Å². The van der Waals surface area contributed by atoms with Gasteiger partial charge in [0, 0.05) is 11.7 Å². The first-order chi connectivity index (χ1) is 7.18. The standard InChI is InChI=1S/C11H16ClN3/c1-11(4-6-13-7-5-11)15-10-3-2-9(12)8-14-10/h2-3,8,13H,4-7H2,1H3,(H,14,15). The third-order valence-electron chi connectivity index (χ3n) is 2.86. The van der Waals surface area contributed by atoms with Gasteiger partial charge in [0.15, 0.2) is 0 Å². The van der Waals surface area contributed by atoms with Crippen LogP contribution in [0.25, 0.3) is 0 Å². The minimum atomic E-state index is 0.159. The molecule has 0 spiro atoms. The summed E-state index contributed by atoms with van der Waals surface area (Å²) in [5.41, 5.74) is 0.159. The van der Waals surface area contributed by atoms with Crippen LogP contribution in [-0.4, -0.2) is 23.6 Å². The van der Waals surface area contributed by atoms with Crippen molar-refractivity contribution in [3.05, 3.63) is 23.4 Å². The minimum absolute atomic E-state index is 0.159. The maximum absolute atomic E-state index is 5.79. The SMILES string of the molecule is CC1(Nc2ccc(Cl)cn2)CCNCC1. The van der Waals surface area contributed by atoms with Crippen LogP contribution in [0.4, 0.5) is 5.82 Å². The van der Waals surface area contributed by atoms with Crippen molar-refractivity contribution in [3.8, 4) is 0 Å². The van der Waals surface area contributed by atoms with Crippen LogP contribution in [0.3, 0.4) is 0 Å². The number of nitrogens with one attached hydrogen (secondary N) is 2. The monoisotopic (exact) mass is 225 g/mol. The van der Waals surface area contributed by atoms with E-state index in [-0.39, 0.29) is 5.54 Å². The number of pyridine rings is 1. The molecule has 1 aliphatic heterocycles. The summed E-state index contributed by atoms with van der Waals surface area (Å²) in [6.45, 7) is 4.37. The number of hydrogen-bond acceptors (Lipinski definition) is 3. The molecular formula is C11H16ClN3. The van der Waals surface area contributed by atoms with Crippen LogP contribution >= 0.6 is 11.6 Å². The van der Waals surface area contributed by atoms with Gasteiger partial charge in [-0.15, -0.1) is 0 Å². The van der Waals surface area contributed by atoms with Crippen molar-refractivity contribution in [1.29, 1.82) is 0 Å². The second kappa shape index (κ2) is 4.37. The van der Waals surface area contributed by atoms with Crippen molar-refractivity contribution in [2.24, 2.45) is 0 Å². The van der Waals surface area contributed by atoms with E-state index in [1.54, 1.807) is 6.20 Å². The number of anilines is 1. The highest BCUT2D eigenvalue weighted by Crippen LogP contribution is 2.22. The zero-order valence-corrected chi connectivity index (χ0v) is 9.64. The van der Waals surface area contributed by atoms with E-state index in [9.17, 15) is 0 Å². The van der Waals surface area contributed by atoms with E-state index in [0.29, 0.717) is 5.02 Å². The van der Waals surface area contributed by atoms with Crippen molar-refractivity contribution in [2.75, 3.05) is 18.4 Å². The predicted octanol–water partition coefficient (Wildman–Crippen LogP) is 2.29. The van der Waals surface area contributed by atoms with Crippen LogP contribution in [-0.2, 0) is 0 Å². The summed E-state index contributed by atoms with van der Waals surface area (Å²) in [6.07, 6.45) is 3.92. The van der Waals surface area contributed by atoms with Crippen LogP contribution in [0.2, 0.25) is 5.02 Å². The molecule has 1 aromatic heterocycles. The van der Waals surface area contributed by atoms with Gasteiger partial charge in [-0.05, 0) is 45.0 Å². The van der Waals surface area contributed by atoms with Gasteiger partial charge in [-0.2, -0.15) is 0 Å². The normalized spacial score (nSPS) is 19.9. The Morgan fingerprint density at radius 3 is 2.73 bits per heavy atom. The first-order valence-electron chi connectivity index (χ1n) is 5.28. The molecule has 0 unspecified atom stereocenters. The van der Waals surface area contributed by atoms with Crippen molar-refractivity contribution in [1.82, 2.24) is 10.3 Å². The Morgan fingerprint density at radius 1 is 1.40 bits per heavy atom. The first-order valence-corrected chi connectivity index (χ1v) is 5.66. The van der Waals surface area contributed by atoms with Gasteiger partial charge >= 0.3 is 0 Å². The number of piperidine rings is 1. The van der Waals surface area contributed by atoms with E-state index >= 15 is 0 Å². The molecule has 15 heavy (non-hydrogen) atoms. The largest absolute Gasteiger partial charge is 0.365 e. The van der Waals surface area contributed by atoms with Crippen LogP contribution in [0, 0.1) is 0 Å². The van der Waals surface area contributed by atoms with E-state index in [0.717, 1.165) is 31.7 Å². The molecule has 2 heterocycles. The van der Waals surface area contributed by atoms with Crippen molar-refractivity contribution in [2.45, 2.75) is 25.3 Å². The molecule has 82 valence electrons. The third kappa shape index (κ3) is 2.83. The molecule has 0 atom stereocenters. The van der Waals surface area contributed by atoms with E-state index < -0.39 is 0 Å². The van der Waals surface area contributed by atoms with Gasteiger partial charge in [0.05, 0.1) is 5.02 Å². The number of rotatable bonds is 2. The molecule has 0 bridgehead atoms. The lowest BCUT2D eigenvalue weighted by Gasteiger charge is -2.35. The Bertz CT molecular complexity index is 317. The smallest absolute Gasteiger partial charge is 0.126 e. The van der Waals surface area contributed by atoms with Crippen LogP contribution in [0.15, 0.2) is 18.3 Å². The molecule has 0 aliphatic carbocycles. The lowest BCUT2D eigenvalue weighted by molar-refractivity contribution is 0.364. The van der Waals surface area contributed by atoms with Crippen LogP contribution < -0.4 is 10.6 Å². The molecule has 1 fully saturated rings. The van der Waals surface area contributed by atoms with Gasteiger partial charge in [0.1, 0.15) is 5.82 Å². The molecule has 0 amide bonds. The molecule has 2 rings (SSSR count). The zero-order chi connectivity index (χ0) is 10.7. The van der Waals surface area contributed by atoms with Gasteiger partial charge < -0.3 is 10.6 Å². The molecule has 1 aliphatic rings. The topological polar surface area (TPSA) is 37.0 Å². The van der Waals surface area contributed by atoms with Gasteiger partial charge in [0.25, 0.3) is 0 Å². The predicted molar refractivity (Wildman–Crippen MR) is 63.4 cm³/mol. The van der Waals surface area contributed by atoms with Crippen molar-refractivity contribution >= 4 is 17.4 Å². The van der Waals surface area contributed by atoms with Crippen LogP contribution in [0.5, 0.6) is 0 Å². The van der Waals surface area contributed by atoms with Crippen molar-refractivity contribution in [3.63, 3.8) is 0 Å². The summed E-state index contributed by atoms with van der Waals surface area (Å²) in [5.74, 6) is 0.906. The fraction of sp³-hybridized carbons (Fsp3) is 0.545. The Kier molecular flexibility index (Phi) is 3.12. The van der Waals surface area contributed by atoms with E-state index in [2.05, 4.69) is 22.5 Å². The summed E-state index contributed by atoms with van der Waals surface area (Å²) in [4.78, 5) is 4.25. The Balaban J connectivity index is 2.03. The summed E-state index contributed by atoms with van der Waals surface area (Å²) in [6, 6.07) is 3.79. The molecule has 4 heteroatoms. The van der Waals surface area contributed by atoms with E-state index in [1.807, 2.05) is 12.1 Å². The maximum Gasteiger partial charge on any atom is 0.126 e. The molecule has 3 nitrogen and oxygen atoms in total. The number of nitrogens with zero attached hydrogens (tertiary/aromatic N) is 1. The van der Waals surface area contributed by atoms with E-state index in [1.165, 1.54) is 0 Å². The quantitative estimate of drug-likeness (QED) is 0.811. The molecular weight excluding hydrogens is 210 g/mol. The lowest BCUT2D eigenvalue weighted by Crippen LogP contribution is -2.45. The summed E-state index contributed by atoms with van der Waals surface area (Å²) < 4.78 is 0. The summed E-state index contributed by atoms with van der Waals surface area (Å²) >= 11 is 5.79. The first kappa shape index (κ1) is 10.7. The molecule has 1 saturated heterocycles. The maximum atomic E-state index is 5.79. The third-order valence-corrected chi connectivity index (χ3v) is 3.09. The average Bonchev–Trinajstić information content (AvgIpc) is 2.22. The lowest BCUT2D eigenvalue weighted by atomic mass is 9.91. The van der Waals surface area contributed by atoms with Gasteiger partial charge in [0.2, 0.25) is 0 Å². The fourth-order valence-electron chi connectivity index (χ4n) is 1.86. The van der Waals surface area contributed by atoms with Crippen molar-refractivity contribution < 1.29 is 0 Å². The Labute approximate surface area is 95.2 Å². The van der Waals surface area contributed by atoms with Gasteiger partial charge in [-0.1, -0.05) is 11.6 Å². The fourth-order valence-corrected chi connectivity index (χ4v) is 1.97. The molecule has 0 saturated carbocycles. The highest BCUT2D eigenvalue weighted by Gasteiger charge is 2.26. The number of aromatic nitrogens is 1. The zero-order valence-electron chi connectivity index (χ0n) is 8.89. The summed E-state index contributed by atoms with van der Waals surface area (Å²) in [7, 11) is 0. The highest BCUT2D eigenvalue weighted by molar-refractivity contribution is 6.30. The average molecular weight is 226 g/mol. The molecule has 0 aromatic carbocycles. The Hall–Kier alpha value is -0.800. The Morgan fingerprint density at radius 2 is 2.13 bits per heavy atom. The van der Waals surface area contributed by atoms with Gasteiger partial charge in [-0.3, -0.25) is 0 Å². The van der Waals surface area contributed by atoms with Crippen LogP contribution in [0.1, 0.15) is 19.8 Å². The second-order valence-electron chi connectivity index (χ2n) is 4.30. The second-order valence-corrected chi connectivity index (χ2v) is 4.73. The number of halogens is 1. The number of hydrogen-bond donors (Lipinski definition) is 2.